The van der Waals surface area contributed by atoms with Crippen LogP contribution in [0.3, 0.4) is 0 Å². The van der Waals surface area contributed by atoms with Gasteiger partial charge in [0.1, 0.15) is 18.1 Å². The van der Waals surface area contributed by atoms with E-state index in [-0.39, 0.29) is 12.3 Å². The van der Waals surface area contributed by atoms with Crippen molar-refractivity contribution in [3.05, 3.63) is 0 Å². The van der Waals surface area contributed by atoms with Crippen molar-refractivity contribution in [1.29, 1.82) is 0 Å². The van der Waals surface area contributed by atoms with Gasteiger partial charge < -0.3 is 32.5 Å². The minimum Gasteiger partial charge on any atom is -0.480 e. The van der Waals surface area contributed by atoms with Crippen LogP contribution in [0.5, 0.6) is 0 Å². The van der Waals surface area contributed by atoms with Gasteiger partial charge in [0.05, 0.1) is 12.5 Å². The molecule has 0 saturated heterocycles. The van der Waals surface area contributed by atoms with Gasteiger partial charge >= 0.3 is 5.97 Å². The molecule has 27 heavy (non-hydrogen) atoms. The van der Waals surface area contributed by atoms with Crippen molar-refractivity contribution < 1.29 is 29.1 Å². The maximum absolute atomic E-state index is 12.3. The van der Waals surface area contributed by atoms with Crippen LogP contribution in [-0.4, -0.2) is 58.9 Å². The van der Waals surface area contributed by atoms with Crippen LogP contribution in [0.15, 0.2) is 0 Å². The number of carboxylic acid groups (broad SMARTS) is 1. The van der Waals surface area contributed by atoms with Crippen LogP contribution in [0, 0.1) is 5.92 Å². The molecule has 0 aromatic heterocycles. The highest BCUT2D eigenvalue weighted by molar-refractivity contribution is 5.95. The Bertz CT molecular complexity index is 578. The average molecular weight is 387 g/mol. The van der Waals surface area contributed by atoms with Crippen molar-refractivity contribution in [2.75, 3.05) is 0 Å². The van der Waals surface area contributed by atoms with Crippen molar-refractivity contribution >= 4 is 29.6 Å². The van der Waals surface area contributed by atoms with Gasteiger partial charge in [-0.05, 0) is 26.2 Å². The summed E-state index contributed by atoms with van der Waals surface area (Å²) in [5.41, 5.74) is 10.5. The second-order valence-corrected chi connectivity index (χ2v) is 6.78. The number of hydrogen-bond acceptors (Lipinski definition) is 6. The summed E-state index contributed by atoms with van der Waals surface area (Å²) in [5, 5.41) is 16.1. The molecule has 0 radical (unpaired) electrons. The molecule has 0 fully saturated rings. The third kappa shape index (κ3) is 9.54. The summed E-state index contributed by atoms with van der Waals surface area (Å²) < 4.78 is 0. The quantitative estimate of drug-likeness (QED) is 0.232. The fourth-order valence-electron chi connectivity index (χ4n) is 2.08. The number of aliphatic carboxylic acids is 1. The van der Waals surface area contributed by atoms with Gasteiger partial charge in [-0.3, -0.25) is 19.2 Å². The van der Waals surface area contributed by atoms with E-state index < -0.39 is 60.2 Å². The van der Waals surface area contributed by atoms with Crippen LogP contribution in [0.25, 0.3) is 0 Å². The number of carbonyl (C=O) groups is 5. The molecule has 0 spiro atoms. The smallest absolute Gasteiger partial charge is 0.326 e. The van der Waals surface area contributed by atoms with Crippen LogP contribution >= 0.6 is 0 Å². The van der Waals surface area contributed by atoms with E-state index in [4.69, 9.17) is 16.6 Å². The van der Waals surface area contributed by atoms with E-state index in [1.54, 1.807) is 0 Å². The van der Waals surface area contributed by atoms with E-state index in [0.717, 1.165) is 0 Å². The number of rotatable bonds is 11. The maximum atomic E-state index is 12.3. The normalized spacial score (nSPS) is 15.2. The second-order valence-electron chi connectivity index (χ2n) is 6.78. The molecule has 154 valence electrons. The molecule has 0 aliphatic rings. The molecule has 11 nitrogen and oxygen atoms in total. The fourth-order valence-corrected chi connectivity index (χ4v) is 2.08. The first kappa shape index (κ1) is 24.3. The molecule has 0 aromatic carbocycles. The van der Waals surface area contributed by atoms with Crippen molar-refractivity contribution in [2.24, 2.45) is 17.4 Å². The van der Waals surface area contributed by atoms with Crippen LogP contribution in [0.1, 0.15) is 40.5 Å². The van der Waals surface area contributed by atoms with Gasteiger partial charge in [0, 0.05) is 0 Å². The lowest BCUT2D eigenvalue weighted by molar-refractivity contribution is -0.142. The molecule has 0 aliphatic heterocycles. The molecule has 11 heteroatoms. The van der Waals surface area contributed by atoms with Crippen LogP contribution in [0.4, 0.5) is 0 Å². The Morgan fingerprint density at radius 3 is 1.78 bits per heavy atom. The number of primary amides is 1. The SMILES string of the molecule is CC(C)CC(NC(=O)C(C)NC(=O)C(CC(N)=O)NC(=O)C(C)N)C(=O)O. The Hall–Kier alpha value is -2.69. The van der Waals surface area contributed by atoms with Gasteiger partial charge in [-0.2, -0.15) is 0 Å². The zero-order valence-corrected chi connectivity index (χ0v) is 15.9. The molecule has 0 rings (SSSR count). The minimum atomic E-state index is -1.30. The van der Waals surface area contributed by atoms with Gasteiger partial charge in [-0.15, -0.1) is 0 Å². The minimum absolute atomic E-state index is 0.0321. The maximum Gasteiger partial charge on any atom is 0.326 e. The number of nitrogens with one attached hydrogen (secondary N) is 3. The van der Waals surface area contributed by atoms with Crippen molar-refractivity contribution in [2.45, 2.75) is 64.7 Å². The van der Waals surface area contributed by atoms with E-state index in [9.17, 15) is 24.0 Å². The molecule has 4 atom stereocenters. The summed E-state index contributed by atoms with van der Waals surface area (Å²) in [5.74, 6) is -4.19. The first-order valence-corrected chi connectivity index (χ1v) is 8.52. The largest absolute Gasteiger partial charge is 0.480 e. The van der Waals surface area contributed by atoms with Gasteiger partial charge in [0.25, 0.3) is 0 Å². The van der Waals surface area contributed by atoms with Crippen molar-refractivity contribution in [3.63, 3.8) is 0 Å². The monoisotopic (exact) mass is 387 g/mol. The van der Waals surface area contributed by atoms with E-state index in [2.05, 4.69) is 16.0 Å². The zero-order chi connectivity index (χ0) is 21.3. The standard InChI is InChI=1S/C16H29N5O6/c1-7(2)5-11(16(26)27)21-14(24)9(4)19-15(25)10(6-12(18)22)20-13(23)8(3)17/h7-11H,5-6,17H2,1-4H3,(H2,18,22)(H,19,25)(H,20,23)(H,21,24)(H,26,27). The molecule has 0 aliphatic carbocycles. The van der Waals surface area contributed by atoms with E-state index >= 15 is 0 Å². The molecule has 0 saturated carbocycles. The highest BCUT2D eigenvalue weighted by atomic mass is 16.4. The summed E-state index contributed by atoms with van der Waals surface area (Å²) in [4.78, 5) is 58.4. The van der Waals surface area contributed by atoms with Crippen molar-refractivity contribution in [3.8, 4) is 0 Å². The Morgan fingerprint density at radius 1 is 0.852 bits per heavy atom. The topological polar surface area (TPSA) is 194 Å². The van der Waals surface area contributed by atoms with Crippen LogP contribution in [0.2, 0.25) is 0 Å². The first-order chi connectivity index (χ1) is 12.3. The molecule has 4 unspecified atom stereocenters. The first-order valence-electron chi connectivity index (χ1n) is 8.52. The Morgan fingerprint density at radius 2 is 1.37 bits per heavy atom. The summed E-state index contributed by atoms with van der Waals surface area (Å²) >= 11 is 0. The lowest BCUT2D eigenvalue weighted by Crippen LogP contribution is -2.56. The molecular formula is C16H29N5O6. The predicted octanol–water partition coefficient (Wildman–Crippen LogP) is -2.19. The lowest BCUT2D eigenvalue weighted by atomic mass is 10.0. The summed E-state index contributed by atoms with van der Waals surface area (Å²) in [7, 11) is 0. The third-order valence-corrected chi connectivity index (χ3v) is 3.53. The Balaban J connectivity index is 4.98. The predicted molar refractivity (Wildman–Crippen MR) is 96.0 cm³/mol. The molecule has 0 bridgehead atoms. The summed E-state index contributed by atoms with van der Waals surface area (Å²) in [6.07, 6.45) is -0.264. The van der Waals surface area contributed by atoms with E-state index in [0.29, 0.717) is 0 Å². The molecule has 0 heterocycles. The summed E-state index contributed by atoms with van der Waals surface area (Å²) in [6, 6.07) is -4.42. The van der Waals surface area contributed by atoms with E-state index in [1.165, 1.54) is 13.8 Å². The molecule has 4 amide bonds. The van der Waals surface area contributed by atoms with Crippen LogP contribution in [-0.2, 0) is 24.0 Å². The fraction of sp³-hybridized carbons (Fsp3) is 0.688. The Labute approximate surface area is 157 Å². The van der Waals surface area contributed by atoms with Gasteiger partial charge in [0.2, 0.25) is 23.6 Å². The highest BCUT2D eigenvalue weighted by Gasteiger charge is 2.28. The molecule has 8 N–H and O–H groups in total. The molecular weight excluding hydrogens is 358 g/mol. The van der Waals surface area contributed by atoms with Crippen LogP contribution < -0.4 is 27.4 Å². The number of carboxylic acids is 1. The number of carbonyl (C=O) groups excluding carboxylic acids is 4. The zero-order valence-electron chi connectivity index (χ0n) is 15.9. The van der Waals surface area contributed by atoms with Crippen molar-refractivity contribution in [1.82, 2.24) is 16.0 Å². The summed E-state index contributed by atoms with van der Waals surface area (Å²) in [6.45, 7) is 6.35. The molecule has 0 aromatic rings. The average Bonchev–Trinajstić information content (AvgIpc) is 2.51. The van der Waals surface area contributed by atoms with E-state index in [1.807, 2.05) is 13.8 Å². The number of hydrogen-bond donors (Lipinski definition) is 6. The Kier molecular flexibility index (Phi) is 10.0. The third-order valence-electron chi connectivity index (χ3n) is 3.53. The second kappa shape index (κ2) is 11.1. The highest BCUT2D eigenvalue weighted by Crippen LogP contribution is 2.05. The van der Waals surface area contributed by atoms with Gasteiger partial charge in [0.15, 0.2) is 0 Å². The van der Waals surface area contributed by atoms with Gasteiger partial charge in [-0.25, -0.2) is 4.79 Å². The number of amides is 4. The number of nitrogens with two attached hydrogens (primary N) is 2. The lowest BCUT2D eigenvalue weighted by Gasteiger charge is -2.23. The van der Waals surface area contributed by atoms with Gasteiger partial charge in [-0.1, -0.05) is 13.8 Å².